The van der Waals surface area contributed by atoms with Crippen LogP contribution in [0, 0.1) is 24.0 Å². The van der Waals surface area contributed by atoms with Gasteiger partial charge in [-0.15, -0.1) is 11.3 Å². The van der Waals surface area contributed by atoms with Crippen LogP contribution in [0.1, 0.15) is 27.5 Å². The van der Waals surface area contributed by atoms with Gasteiger partial charge in [0.15, 0.2) is 0 Å². The number of hydrogen-bond donors (Lipinski definition) is 0. The fourth-order valence-corrected chi connectivity index (χ4v) is 3.26. The maximum absolute atomic E-state index is 12.6. The Morgan fingerprint density at radius 1 is 1.31 bits per heavy atom. The molecular weight excluding hydrogens is 356 g/mol. The van der Waals surface area contributed by atoms with E-state index in [0.29, 0.717) is 23.0 Å². The first-order valence-electron chi connectivity index (χ1n) is 7.74. The Bertz CT molecular complexity index is 942. The number of amides is 1. The smallest absolute Gasteiger partial charge is 0.273 e. The minimum Gasteiger partial charge on any atom is -0.361 e. The molecule has 0 aliphatic carbocycles. The number of carbonyl (C=O) groups is 1. The number of nitro groups is 1. The third-order valence-electron chi connectivity index (χ3n) is 3.97. The summed E-state index contributed by atoms with van der Waals surface area (Å²) in [5, 5.41) is 16.9. The molecule has 0 saturated heterocycles. The lowest BCUT2D eigenvalue weighted by Gasteiger charge is -2.15. The van der Waals surface area contributed by atoms with Crippen LogP contribution in [0.25, 0.3) is 10.6 Å². The van der Waals surface area contributed by atoms with Crippen molar-refractivity contribution in [1.82, 2.24) is 15.0 Å². The van der Waals surface area contributed by atoms with E-state index in [1.165, 1.54) is 23.5 Å². The van der Waals surface area contributed by atoms with E-state index in [-0.39, 0.29) is 11.6 Å². The molecule has 134 valence electrons. The molecule has 0 radical (unpaired) electrons. The second-order valence-corrected chi connectivity index (χ2v) is 6.66. The maximum Gasteiger partial charge on any atom is 0.273 e. The van der Waals surface area contributed by atoms with Gasteiger partial charge in [-0.05, 0) is 26.0 Å². The van der Waals surface area contributed by atoms with Gasteiger partial charge in [0.2, 0.25) is 0 Å². The zero-order valence-electron chi connectivity index (χ0n) is 14.4. The van der Waals surface area contributed by atoms with Gasteiger partial charge >= 0.3 is 0 Å². The highest BCUT2D eigenvalue weighted by Gasteiger charge is 2.19. The van der Waals surface area contributed by atoms with Gasteiger partial charge in [-0.2, -0.15) is 0 Å². The molecule has 2 aromatic heterocycles. The zero-order valence-corrected chi connectivity index (χ0v) is 15.2. The van der Waals surface area contributed by atoms with Gasteiger partial charge < -0.3 is 9.42 Å². The minimum atomic E-state index is -0.454. The van der Waals surface area contributed by atoms with E-state index in [0.717, 1.165) is 16.8 Å². The quantitative estimate of drug-likeness (QED) is 0.501. The van der Waals surface area contributed by atoms with Gasteiger partial charge in [-0.3, -0.25) is 14.9 Å². The predicted molar refractivity (Wildman–Crippen MR) is 96.0 cm³/mol. The molecule has 0 fully saturated rings. The molecule has 3 rings (SSSR count). The first kappa shape index (κ1) is 17.7. The number of aromatic nitrogens is 2. The number of nitro benzene ring substituents is 1. The fourth-order valence-electron chi connectivity index (χ4n) is 2.46. The Balaban J connectivity index is 1.76. The summed E-state index contributed by atoms with van der Waals surface area (Å²) in [7, 11) is 1.69. The van der Waals surface area contributed by atoms with E-state index >= 15 is 0 Å². The van der Waals surface area contributed by atoms with Crippen LogP contribution in [0.2, 0.25) is 0 Å². The monoisotopic (exact) mass is 372 g/mol. The van der Waals surface area contributed by atoms with Crippen molar-refractivity contribution in [3.8, 4) is 10.6 Å². The van der Waals surface area contributed by atoms with E-state index in [9.17, 15) is 14.9 Å². The second-order valence-electron chi connectivity index (χ2n) is 5.81. The highest BCUT2D eigenvalue weighted by atomic mass is 32.1. The topological polar surface area (TPSA) is 102 Å². The van der Waals surface area contributed by atoms with Crippen LogP contribution in [-0.4, -0.2) is 32.9 Å². The van der Waals surface area contributed by atoms with Crippen LogP contribution < -0.4 is 0 Å². The molecule has 8 nitrogen and oxygen atoms in total. The first-order valence-corrected chi connectivity index (χ1v) is 8.62. The summed E-state index contributed by atoms with van der Waals surface area (Å²) in [5.41, 5.74) is 2.71. The lowest BCUT2D eigenvalue weighted by molar-refractivity contribution is -0.384. The van der Waals surface area contributed by atoms with Crippen LogP contribution in [-0.2, 0) is 6.54 Å². The van der Waals surface area contributed by atoms with E-state index in [1.807, 2.05) is 13.8 Å². The minimum absolute atomic E-state index is 0.0146. The van der Waals surface area contributed by atoms with E-state index in [2.05, 4.69) is 10.1 Å². The SMILES string of the molecule is Cc1noc(C)c1CN(C)C(=O)c1csc(-c2ccc([N+](=O)[O-])cc2)n1. The van der Waals surface area contributed by atoms with Crippen LogP contribution in [0.15, 0.2) is 34.2 Å². The molecule has 0 bridgehead atoms. The lowest BCUT2D eigenvalue weighted by Crippen LogP contribution is -2.26. The number of benzene rings is 1. The zero-order chi connectivity index (χ0) is 18.8. The molecule has 0 spiro atoms. The van der Waals surface area contributed by atoms with Crippen LogP contribution in [0.4, 0.5) is 5.69 Å². The van der Waals surface area contributed by atoms with E-state index in [4.69, 9.17) is 4.52 Å². The summed E-state index contributed by atoms with van der Waals surface area (Å²) >= 11 is 1.32. The number of aryl methyl sites for hydroxylation is 2. The standard InChI is InChI=1S/C17H16N4O4S/c1-10-14(11(2)25-19-10)8-20(3)17(22)15-9-26-16(18-15)12-4-6-13(7-5-12)21(23)24/h4-7,9H,8H2,1-3H3. The Morgan fingerprint density at radius 2 is 2.00 bits per heavy atom. The van der Waals surface area contributed by atoms with Crippen molar-refractivity contribution in [3.63, 3.8) is 0 Å². The Labute approximate surface area is 153 Å². The summed E-state index contributed by atoms with van der Waals surface area (Å²) in [6.45, 7) is 4.02. The molecule has 26 heavy (non-hydrogen) atoms. The summed E-state index contributed by atoms with van der Waals surface area (Å²) in [4.78, 5) is 28.8. The van der Waals surface area contributed by atoms with Crippen molar-refractivity contribution < 1.29 is 14.2 Å². The summed E-state index contributed by atoms with van der Waals surface area (Å²) in [6.07, 6.45) is 0. The van der Waals surface area contributed by atoms with Gasteiger partial charge in [0.25, 0.3) is 11.6 Å². The van der Waals surface area contributed by atoms with Crippen molar-refractivity contribution in [3.05, 3.63) is 62.5 Å². The van der Waals surface area contributed by atoms with Crippen LogP contribution in [0.3, 0.4) is 0 Å². The highest BCUT2D eigenvalue weighted by Crippen LogP contribution is 2.26. The molecule has 2 heterocycles. The second kappa shape index (κ2) is 7.04. The maximum atomic E-state index is 12.6. The number of non-ortho nitro benzene ring substituents is 1. The average Bonchev–Trinajstić information content (AvgIpc) is 3.23. The van der Waals surface area contributed by atoms with Crippen molar-refractivity contribution in [1.29, 1.82) is 0 Å². The Hall–Kier alpha value is -3.07. The molecular formula is C17H16N4O4S. The summed E-state index contributed by atoms with van der Waals surface area (Å²) < 4.78 is 5.12. The summed E-state index contributed by atoms with van der Waals surface area (Å²) in [6, 6.07) is 6.08. The van der Waals surface area contributed by atoms with Crippen LogP contribution >= 0.6 is 11.3 Å². The highest BCUT2D eigenvalue weighted by molar-refractivity contribution is 7.13. The van der Waals surface area contributed by atoms with Crippen LogP contribution in [0.5, 0.6) is 0 Å². The van der Waals surface area contributed by atoms with E-state index in [1.54, 1.807) is 29.5 Å². The number of hydrogen-bond acceptors (Lipinski definition) is 7. The molecule has 3 aromatic rings. The molecule has 0 saturated carbocycles. The third-order valence-corrected chi connectivity index (χ3v) is 4.86. The molecule has 1 amide bonds. The van der Waals surface area contributed by atoms with Crippen molar-refractivity contribution in [2.45, 2.75) is 20.4 Å². The predicted octanol–water partition coefficient (Wildman–Crippen LogP) is 3.60. The Morgan fingerprint density at radius 3 is 2.58 bits per heavy atom. The van der Waals surface area contributed by atoms with E-state index < -0.39 is 4.92 Å². The summed E-state index contributed by atoms with van der Waals surface area (Å²) in [5.74, 6) is 0.474. The van der Waals surface area contributed by atoms with Crippen molar-refractivity contribution in [2.24, 2.45) is 0 Å². The molecule has 1 aromatic carbocycles. The number of rotatable bonds is 5. The van der Waals surface area contributed by atoms with Crippen molar-refractivity contribution >= 4 is 22.9 Å². The molecule has 0 unspecified atom stereocenters. The first-order chi connectivity index (χ1) is 12.4. The number of nitrogens with zero attached hydrogens (tertiary/aromatic N) is 4. The number of thiazole rings is 1. The largest absolute Gasteiger partial charge is 0.361 e. The lowest BCUT2D eigenvalue weighted by atomic mass is 10.2. The average molecular weight is 372 g/mol. The van der Waals surface area contributed by atoms with Gasteiger partial charge in [-0.1, -0.05) is 5.16 Å². The molecule has 9 heteroatoms. The fraction of sp³-hybridized carbons (Fsp3) is 0.235. The van der Waals surface area contributed by atoms with Crippen molar-refractivity contribution in [2.75, 3.05) is 7.05 Å². The normalized spacial score (nSPS) is 10.7. The molecule has 0 aliphatic heterocycles. The Kier molecular flexibility index (Phi) is 4.81. The molecule has 0 atom stereocenters. The van der Waals surface area contributed by atoms with Gasteiger partial charge in [0.05, 0.1) is 17.2 Å². The number of carbonyl (C=O) groups excluding carboxylic acids is 1. The third kappa shape index (κ3) is 3.47. The molecule has 0 N–H and O–H groups in total. The van der Waals surface area contributed by atoms with Gasteiger partial charge in [0, 0.05) is 35.7 Å². The molecule has 0 aliphatic rings. The van der Waals surface area contributed by atoms with Gasteiger partial charge in [0.1, 0.15) is 16.5 Å². The van der Waals surface area contributed by atoms with Gasteiger partial charge in [-0.25, -0.2) is 4.98 Å².